The molecule has 100 valence electrons. The number of rotatable bonds is 8. The first-order valence-corrected chi connectivity index (χ1v) is 7.72. The summed E-state index contributed by atoms with van der Waals surface area (Å²) in [5.41, 5.74) is 1.29. The van der Waals surface area contributed by atoms with Crippen molar-refractivity contribution < 1.29 is 4.79 Å². The summed E-state index contributed by atoms with van der Waals surface area (Å²) in [5, 5.41) is 0.441. The number of carbonyl (C=O) groups is 1. The minimum absolute atomic E-state index is 0.302. The van der Waals surface area contributed by atoms with Gasteiger partial charge >= 0.3 is 0 Å². The molecule has 0 N–H and O–H groups in total. The van der Waals surface area contributed by atoms with Gasteiger partial charge in [0, 0.05) is 16.6 Å². The molecule has 0 aromatic heterocycles. The Bertz CT molecular complexity index is 356. The summed E-state index contributed by atoms with van der Waals surface area (Å²) >= 11 is 1.86. The molecule has 18 heavy (non-hydrogen) atoms. The van der Waals surface area contributed by atoms with Crippen molar-refractivity contribution in [3.63, 3.8) is 0 Å². The van der Waals surface area contributed by atoms with Gasteiger partial charge in [0.15, 0.2) is 0 Å². The molecule has 1 unspecified atom stereocenters. The van der Waals surface area contributed by atoms with Gasteiger partial charge < -0.3 is 0 Å². The Hall–Kier alpha value is -0.760. The summed E-state index contributed by atoms with van der Waals surface area (Å²) < 4.78 is 0. The number of hydrogen-bond donors (Lipinski definition) is 0. The lowest BCUT2D eigenvalue weighted by atomic mass is 10.1. The third-order valence-electron chi connectivity index (χ3n) is 2.97. The minimum atomic E-state index is 0.302. The SMILES string of the molecule is CCCCCC(CC(C)=O)Sc1ccc(C)cc1. The fourth-order valence-corrected chi connectivity index (χ4v) is 3.24. The van der Waals surface area contributed by atoms with Crippen molar-refractivity contribution in [2.45, 2.75) is 63.0 Å². The molecule has 0 aliphatic heterocycles. The molecule has 1 aromatic rings. The first-order chi connectivity index (χ1) is 8.61. The van der Waals surface area contributed by atoms with Crippen molar-refractivity contribution in [1.82, 2.24) is 0 Å². The lowest BCUT2D eigenvalue weighted by Crippen LogP contribution is -2.08. The minimum Gasteiger partial charge on any atom is -0.300 e. The highest BCUT2D eigenvalue weighted by molar-refractivity contribution is 8.00. The number of thioether (sulfide) groups is 1. The van der Waals surface area contributed by atoms with Crippen molar-refractivity contribution in [2.75, 3.05) is 0 Å². The largest absolute Gasteiger partial charge is 0.300 e. The molecule has 0 fully saturated rings. The second-order valence-electron chi connectivity index (χ2n) is 4.95. The van der Waals surface area contributed by atoms with Crippen LogP contribution in [0, 0.1) is 6.92 Å². The van der Waals surface area contributed by atoms with Gasteiger partial charge in [-0.15, -0.1) is 11.8 Å². The summed E-state index contributed by atoms with van der Waals surface area (Å²) in [7, 11) is 0. The Kier molecular flexibility index (Phi) is 7.11. The van der Waals surface area contributed by atoms with Crippen molar-refractivity contribution >= 4 is 17.5 Å². The lowest BCUT2D eigenvalue weighted by Gasteiger charge is -2.15. The van der Waals surface area contributed by atoms with Gasteiger partial charge in [0.05, 0.1) is 0 Å². The number of ketones is 1. The van der Waals surface area contributed by atoms with Crippen molar-refractivity contribution in [1.29, 1.82) is 0 Å². The number of Topliss-reactive ketones (excluding diaryl/α,β-unsaturated/α-hetero) is 1. The van der Waals surface area contributed by atoms with E-state index in [1.54, 1.807) is 6.92 Å². The van der Waals surface area contributed by atoms with Crippen LogP contribution in [0.1, 0.15) is 51.5 Å². The van der Waals surface area contributed by atoms with Crippen LogP contribution >= 0.6 is 11.8 Å². The van der Waals surface area contributed by atoms with Gasteiger partial charge in [0.1, 0.15) is 5.78 Å². The van der Waals surface area contributed by atoms with Crippen molar-refractivity contribution in [2.24, 2.45) is 0 Å². The van der Waals surface area contributed by atoms with E-state index in [4.69, 9.17) is 0 Å². The van der Waals surface area contributed by atoms with Crippen LogP contribution in [0.5, 0.6) is 0 Å². The van der Waals surface area contributed by atoms with Gasteiger partial charge in [-0.3, -0.25) is 4.79 Å². The molecule has 0 spiro atoms. The van der Waals surface area contributed by atoms with Gasteiger partial charge in [-0.1, -0.05) is 43.9 Å². The number of carbonyl (C=O) groups excluding carboxylic acids is 1. The maximum Gasteiger partial charge on any atom is 0.130 e. The van der Waals surface area contributed by atoms with Crippen molar-refractivity contribution in [3.8, 4) is 0 Å². The topological polar surface area (TPSA) is 17.1 Å². The second kappa shape index (κ2) is 8.36. The summed E-state index contributed by atoms with van der Waals surface area (Å²) in [6.45, 7) is 6.01. The van der Waals surface area contributed by atoms with Crippen molar-refractivity contribution in [3.05, 3.63) is 29.8 Å². The summed E-state index contributed by atoms with van der Waals surface area (Å²) in [5.74, 6) is 0.302. The van der Waals surface area contributed by atoms with E-state index < -0.39 is 0 Å². The van der Waals surface area contributed by atoms with Gasteiger partial charge in [-0.2, -0.15) is 0 Å². The van der Waals surface area contributed by atoms with Gasteiger partial charge in [-0.05, 0) is 32.4 Å². The molecule has 0 aliphatic carbocycles. The third-order valence-corrected chi connectivity index (χ3v) is 4.25. The molecule has 0 radical (unpaired) electrons. The zero-order chi connectivity index (χ0) is 13.4. The molecule has 0 aliphatic rings. The summed E-state index contributed by atoms with van der Waals surface area (Å²) in [4.78, 5) is 12.6. The van der Waals surface area contributed by atoms with Crippen LogP contribution in [0.2, 0.25) is 0 Å². The highest BCUT2D eigenvalue weighted by Gasteiger charge is 2.12. The highest BCUT2D eigenvalue weighted by atomic mass is 32.2. The molecule has 0 saturated heterocycles. The standard InChI is InChI=1S/C16H24OS/c1-4-5-6-7-16(12-14(3)17)18-15-10-8-13(2)9-11-15/h8-11,16H,4-7,12H2,1-3H3. The number of aryl methyl sites for hydroxylation is 1. The van der Waals surface area contributed by atoms with E-state index in [-0.39, 0.29) is 0 Å². The number of hydrogen-bond acceptors (Lipinski definition) is 2. The van der Waals surface area contributed by atoms with E-state index in [0.717, 1.165) is 6.42 Å². The van der Waals surface area contributed by atoms with Gasteiger partial charge in [-0.25, -0.2) is 0 Å². The summed E-state index contributed by atoms with van der Waals surface area (Å²) in [6.07, 6.45) is 5.58. The molecular weight excluding hydrogens is 240 g/mol. The molecule has 0 bridgehead atoms. The predicted octanol–water partition coefficient (Wildman–Crippen LogP) is 5.02. The second-order valence-corrected chi connectivity index (χ2v) is 6.33. The van der Waals surface area contributed by atoms with Crippen LogP contribution in [-0.2, 0) is 4.79 Å². The van der Waals surface area contributed by atoms with E-state index in [1.165, 1.54) is 29.7 Å². The first-order valence-electron chi connectivity index (χ1n) is 6.84. The average molecular weight is 264 g/mol. The molecule has 0 heterocycles. The van der Waals surface area contributed by atoms with Crippen LogP contribution < -0.4 is 0 Å². The predicted molar refractivity (Wildman–Crippen MR) is 80.3 cm³/mol. The Morgan fingerprint density at radius 1 is 1.22 bits per heavy atom. The maximum absolute atomic E-state index is 11.3. The fraction of sp³-hybridized carbons (Fsp3) is 0.562. The van der Waals surface area contributed by atoms with E-state index in [9.17, 15) is 4.79 Å². The van der Waals surface area contributed by atoms with Crippen LogP contribution in [0.3, 0.4) is 0 Å². The Morgan fingerprint density at radius 3 is 2.44 bits per heavy atom. The van der Waals surface area contributed by atoms with Gasteiger partial charge in [0.25, 0.3) is 0 Å². The van der Waals surface area contributed by atoms with Crippen LogP contribution in [0.25, 0.3) is 0 Å². The Labute approximate surface area is 115 Å². The van der Waals surface area contributed by atoms with E-state index >= 15 is 0 Å². The third kappa shape index (κ3) is 6.25. The zero-order valence-corrected chi connectivity index (χ0v) is 12.6. The Balaban J connectivity index is 2.53. The number of benzene rings is 1. The lowest BCUT2D eigenvalue weighted by molar-refractivity contribution is -0.117. The fourth-order valence-electron chi connectivity index (χ4n) is 1.95. The van der Waals surface area contributed by atoms with E-state index in [1.807, 2.05) is 11.8 Å². The molecule has 1 rings (SSSR count). The number of unbranched alkanes of at least 4 members (excludes halogenated alkanes) is 2. The molecule has 0 amide bonds. The monoisotopic (exact) mass is 264 g/mol. The summed E-state index contributed by atoms with van der Waals surface area (Å²) in [6, 6.07) is 8.60. The van der Waals surface area contributed by atoms with Crippen LogP contribution in [0.4, 0.5) is 0 Å². The van der Waals surface area contributed by atoms with Crippen LogP contribution in [0.15, 0.2) is 29.2 Å². The molecule has 1 aromatic carbocycles. The average Bonchev–Trinajstić information content (AvgIpc) is 2.31. The molecule has 1 atom stereocenters. The highest BCUT2D eigenvalue weighted by Crippen LogP contribution is 2.29. The molecule has 0 saturated carbocycles. The molecular formula is C16H24OS. The Morgan fingerprint density at radius 2 is 1.89 bits per heavy atom. The quantitative estimate of drug-likeness (QED) is 0.484. The smallest absolute Gasteiger partial charge is 0.130 e. The normalized spacial score (nSPS) is 12.4. The molecule has 1 nitrogen and oxygen atoms in total. The molecule has 2 heteroatoms. The van der Waals surface area contributed by atoms with Gasteiger partial charge in [0.2, 0.25) is 0 Å². The first kappa shape index (κ1) is 15.3. The van der Waals surface area contributed by atoms with E-state index in [2.05, 4.69) is 38.1 Å². The van der Waals surface area contributed by atoms with E-state index in [0.29, 0.717) is 17.5 Å². The maximum atomic E-state index is 11.3. The van der Waals surface area contributed by atoms with Crippen LogP contribution in [-0.4, -0.2) is 11.0 Å². The zero-order valence-electron chi connectivity index (χ0n) is 11.7.